The minimum Gasteiger partial charge on any atom is -0.369 e. The summed E-state index contributed by atoms with van der Waals surface area (Å²) in [4.78, 5) is 25.5. The molecular formula is C17H20FN3O2. The van der Waals surface area contributed by atoms with Crippen LogP contribution < -0.4 is 5.73 Å². The van der Waals surface area contributed by atoms with Crippen LogP contribution in [-0.4, -0.2) is 29.8 Å². The molecule has 5 nitrogen and oxygen atoms in total. The van der Waals surface area contributed by atoms with E-state index in [0.717, 1.165) is 0 Å². The molecule has 6 heteroatoms. The molecule has 122 valence electrons. The van der Waals surface area contributed by atoms with Gasteiger partial charge in [-0.15, -0.1) is 0 Å². The number of hydrogen-bond acceptors (Lipinski definition) is 3. The topological polar surface area (TPSA) is 87.2 Å². The van der Waals surface area contributed by atoms with Crippen molar-refractivity contribution in [2.45, 2.75) is 32.1 Å². The van der Waals surface area contributed by atoms with Gasteiger partial charge in [0.15, 0.2) is 0 Å². The van der Waals surface area contributed by atoms with Crippen LogP contribution in [0, 0.1) is 23.1 Å². The minimum atomic E-state index is -1.03. The van der Waals surface area contributed by atoms with Gasteiger partial charge in [0.1, 0.15) is 5.82 Å². The summed E-state index contributed by atoms with van der Waals surface area (Å²) in [5, 5.41) is 9.18. The average molecular weight is 317 g/mol. The Balaban J connectivity index is 2.28. The van der Waals surface area contributed by atoms with Crippen molar-refractivity contribution < 1.29 is 14.0 Å². The summed E-state index contributed by atoms with van der Waals surface area (Å²) in [6.07, 6.45) is 1.38. The Bertz CT molecular complexity index is 679. The predicted molar refractivity (Wildman–Crippen MR) is 82.9 cm³/mol. The molecule has 1 fully saturated rings. The number of nitrogens with zero attached hydrogens (tertiary/aromatic N) is 2. The van der Waals surface area contributed by atoms with Gasteiger partial charge >= 0.3 is 0 Å². The first kappa shape index (κ1) is 16.9. The summed E-state index contributed by atoms with van der Waals surface area (Å²) in [5.41, 5.74) is 4.80. The van der Waals surface area contributed by atoms with Crippen LogP contribution in [0.25, 0.3) is 0 Å². The molecule has 1 heterocycles. The van der Waals surface area contributed by atoms with Gasteiger partial charge in [-0.1, -0.05) is 0 Å². The number of hydrogen-bond donors (Lipinski definition) is 1. The summed E-state index contributed by atoms with van der Waals surface area (Å²) >= 11 is 0. The molecule has 0 spiro atoms. The van der Waals surface area contributed by atoms with E-state index < -0.39 is 17.1 Å². The second-order valence-corrected chi connectivity index (χ2v) is 6.42. The highest BCUT2D eigenvalue weighted by atomic mass is 19.1. The summed E-state index contributed by atoms with van der Waals surface area (Å²) in [6.45, 7) is 4.02. The molecule has 1 atom stereocenters. The van der Waals surface area contributed by atoms with Crippen molar-refractivity contribution in [2.24, 2.45) is 11.7 Å². The number of rotatable bonds is 3. The molecule has 1 saturated heterocycles. The van der Waals surface area contributed by atoms with Gasteiger partial charge in [-0.25, -0.2) is 4.39 Å². The molecule has 1 aliphatic rings. The van der Waals surface area contributed by atoms with E-state index in [4.69, 9.17) is 5.73 Å². The molecule has 1 aliphatic heterocycles. The van der Waals surface area contributed by atoms with Gasteiger partial charge in [0.2, 0.25) is 5.91 Å². The monoisotopic (exact) mass is 317 g/mol. The number of nitrogens with two attached hydrogens (primary N) is 1. The third-order valence-electron chi connectivity index (χ3n) is 4.28. The van der Waals surface area contributed by atoms with Crippen LogP contribution in [0.3, 0.4) is 0 Å². The lowest BCUT2D eigenvalue weighted by molar-refractivity contribution is -0.123. The highest BCUT2D eigenvalue weighted by molar-refractivity contribution is 5.95. The second kappa shape index (κ2) is 6.37. The molecule has 0 aromatic heterocycles. The van der Waals surface area contributed by atoms with Crippen molar-refractivity contribution >= 4 is 11.8 Å². The highest BCUT2D eigenvalue weighted by Gasteiger charge is 2.29. The van der Waals surface area contributed by atoms with Crippen LogP contribution in [0.15, 0.2) is 18.2 Å². The summed E-state index contributed by atoms with van der Waals surface area (Å²) < 4.78 is 14.0. The largest absolute Gasteiger partial charge is 0.369 e. The number of amides is 2. The summed E-state index contributed by atoms with van der Waals surface area (Å²) in [6, 6.07) is 6.08. The van der Waals surface area contributed by atoms with Crippen LogP contribution in [0.1, 0.15) is 42.6 Å². The Morgan fingerprint density at radius 1 is 1.43 bits per heavy atom. The SMILES string of the molecule is CC(C)(C#N)c1cc(C(=O)N2CCCC(C(N)=O)C2)ccc1F. The van der Waals surface area contributed by atoms with Crippen molar-refractivity contribution in [3.05, 3.63) is 35.1 Å². The van der Waals surface area contributed by atoms with Gasteiger partial charge in [-0.2, -0.15) is 5.26 Å². The number of likely N-dealkylation sites (tertiary alicyclic amines) is 1. The van der Waals surface area contributed by atoms with Crippen LogP contribution in [0.4, 0.5) is 4.39 Å². The van der Waals surface area contributed by atoms with E-state index in [9.17, 15) is 19.2 Å². The minimum absolute atomic E-state index is 0.189. The van der Waals surface area contributed by atoms with Crippen molar-refractivity contribution in [1.29, 1.82) is 5.26 Å². The van der Waals surface area contributed by atoms with Crippen LogP contribution in [-0.2, 0) is 10.2 Å². The Morgan fingerprint density at radius 2 is 2.13 bits per heavy atom. The summed E-state index contributed by atoms with van der Waals surface area (Å²) in [7, 11) is 0. The third-order valence-corrected chi connectivity index (χ3v) is 4.28. The Kier molecular flexibility index (Phi) is 4.69. The normalized spacial score (nSPS) is 18.3. The van der Waals surface area contributed by atoms with Crippen LogP contribution >= 0.6 is 0 Å². The van der Waals surface area contributed by atoms with Crippen molar-refractivity contribution in [3.8, 4) is 6.07 Å². The first-order valence-corrected chi connectivity index (χ1v) is 7.56. The smallest absolute Gasteiger partial charge is 0.253 e. The van der Waals surface area contributed by atoms with E-state index >= 15 is 0 Å². The van der Waals surface area contributed by atoms with Gasteiger partial charge in [0.25, 0.3) is 5.91 Å². The maximum absolute atomic E-state index is 14.0. The molecular weight excluding hydrogens is 297 g/mol. The molecule has 23 heavy (non-hydrogen) atoms. The number of benzene rings is 1. The third kappa shape index (κ3) is 3.50. The van der Waals surface area contributed by atoms with Gasteiger partial charge in [0, 0.05) is 24.2 Å². The lowest BCUT2D eigenvalue weighted by atomic mass is 9.85. The van der Waals surface area contributed by atoms with E-state index in [1.165, 1.54) is 18.2 Å². The van der Waals surface area contributed by atoms with Gasteiger partial charge in [-0.05, 0) is 44.9 Å². The molecule has 0 aliphatic carbocycles. The second-order valence-electron chi connectivity index (χ2n) is 6.42. The predicted octanol–water partition coefficient (Wildman–Crippen LogP) is 1.96. The number of nitriles is 1. The molecule has 0 radical (unpaired) electrons. The fraction of sp³-hybridized carbons (Fsp3) is 0.471. The van der Waals surface area contributed by atoms with Gasteiger partial charge in [-0.3, -0.25) is 9.59 Å². The maximum atomic E-state index is 14.0. The molecule has 0 saturated carbocycles. The fourth-order valence-corrected chi connectivity index (χ4v) is 2.77. The number of carbonyl (C=O) groups excluding carboxylic acids is 2. The average Bonchev–Trinajstić information content (AvgIpc) is 2.54. The molecule has 1 aromatic rings. The van der Waals surface area contributed by atoms with E-state index in [2.05, 4.69) is 0 Å². The van der Waals surface area contributed by atoms with Crippen molar-refractivity contribution in [3.63, 3.8) is 0 Å². The molecule has 2 N–H and O–H groups in total. The Morgan fingerprint density at radius 3 is 2.74 bits per heavy atom. The number of primary amides is 1. The van der Waals surface area contributed by atoms with E-state index in [1.54, 1.807) is 18.7 Å². The number of piperidine rings is 1. The lowest BCUT2D eigenvalue weighted by Gasteiger charge is -2.31. The van der Waals surface area contributed by atoms with Crippen LogP contribution in [0.2, 0.25) is 0 Å². The molecule has 1 aromatic carbocycles. The van der Waals surface area contributed by atoms with Gasteiger partial charge in [0.05, 0.1) is 17.4 Å². The lowest BCUT2D eigenvalue weighted by Crippen LogP contribution is -2.44. The highest BCUT2D eigenvalue weighted by Crippen LogP contribution is 2.27. The number of halogens is 1. The van der Waals surface area contributed by atoms with Crippen LogP contribution in [0.5, 0.6) is 0 Å². The van der Waals surface area contributed by atoms with E-state index in [1.807, 2.05) is 6.07 Å². The zero-order chi connectivity index (χ0) is 17.2. The van der Waals surface area contributed by atoms with E-state index in [-0.39, 0.29) is 23.9 Å². The van der Waals surface area contributed by atoms with Crippen molar-refractivity contribution in [2.75, 3.05) is 13.1 Å². The zero-order valence-electron chi connectivity index (χ0n) is 13.3. The van der Waals surface area contributed by atoms with E-state index in [0.29, 0.717) is 24.9 Å². The standard InChI is InChI=1S/C17H20FN3O2/c1-17(2,10-19)13-8-11(5-6-14(13)18)16(23)21-7-3-4-12(9-21)15(20)22/h5-6,8,12H,3-4,7,9H2,1-2H3,(H2,20,22). The quantitative estimate of drug-likeness (QED) is 0.924. The molecule has 0 bridgehead atoms. The number of carbonyl (C=O) groups is 2. The zero-order valence-corrected chi connectivity index (χ0v) is 13.3. The molecule has 1 unspecified atom stereocenters. The first-order valence-electron chi connectivity index (χ1n) is 7.56. The maximum Gasteiger partial charge on any atom is 0.253 e. The Labute approximate surface area is 134 Å². The molecule has 2 rings (SSSR count). The first-order chi connectivity index (χ1) is 10.8. The van der Waals surface area contributed by atoms with Crippen molar-refractivity contribution in [1.82, 2.24) is 4.90 Å². The summed E-state index contributed by atoms with van der Waals surface area (Å²) in [5.74, 6) is -1.54. The molecule has 2 amide bonds. The Hall–Kier alpha value is -2.42. The fourth-order valence-electron chi connectivity index (χ4n) is 2.77. The van der Waals surface area contributed by atoms with Gasteiger partial charge < -0.3 is 10.6 Å².